The number of aryl methyl sites for hydroxylation is 1. The van der Waals surface area contributed by atoms with Crippen LogP contribution in [0.15, 0.2) is 30.3 Å². The summed E-state index contributed by atoms with van der Waals surface area (Å²) < 4.78 is 0. The molecule has 1 saturated heterocycles. The van der Waals surface area contributed by atoms with Crippen molar-refractivity contribution in [2.24, 2.45) is 17.3 Å². The maximum absolute atomic E-state index is 12.9. The van der Waals surface area contributed by atoms with Crippen molar-refractivity contribution in [2.75, 3.05) is 13.1 Å². The molecule has 1 aliphatic rings. The zero-order valence-corrected chi connectivity index (χ0v) is 15.0. The number of aliphatic carboxylic acids is 1. The largest absolute Gasteiger partial charge is 0.481 e. The summed E-state index contributed by atoms with van der Waals surface area (Å²) >= 11 is 0. The number of carboxylic acids is 1. The highest BCUT2D eigenvalue weighted by Crippen LogP contribution is 2.30. The van der Waals surface area contributed by atoms with E-state index in [-0.39, 0.29) is 17.7 Å². The standard InChI is InChI=1S/C20H29NO3/c1-15-14-21(13-11-17(15)18(22)23)19(24)20(2,3)12-7-10-16-8-5-4-6-9-16/h4-6,8-9,15,17H,7,10-14H2,1-3H3,(H,22,23). The first kappa shape index (κ1) is 18.5. The first-order chi connectivity index (χ1) is 11.3. The molecular formula is C20H29NO3. The second-order valence-electron chi connectivity index (χ2n) is 7.68. The second kappa shape index (κ2) is 7.82. The van der Waals surface area contributed by atoms with E-state index in [2.05, 4.69) is 12.1 Å². The van der Waals surface area contributed by atoms with Gasteiger partial charge in [0.1, 0.15) is 0 Å². The van der Waals surface area contributed by atoms with E-state index in [9.17, 15) is 14.7 Å². The van der Waals surface area contributed by atoms with Crippen molar-refractivity contribution < 1.29 is 14.7 Å². The van der Waals surface area contributed by atoms with Gasteiger partial charge in [-0.2, -0.15) is 0 Å². The van der Waals surface area contributed by atoms with Gasteiger partial charge in [0.2, 0.25) is 5.91 Å². The van der Waals surface area contributed by atoms with Crippen LogP contribution in [-0.2, 0) is 16.0 Å². The van der Waals surface area contributed by atoms with Crippen LogP contribution < -0.4 is 0 Å². The molecule has 1 N–H and O–H groups in total. The van der Waals surface area contributed by atoms with Crippen LogP contribution in [-0.4, -0.2) is 35.0 Å². The molecule has 132 valence electrons. The van der Waals surface area contributed by atoms with E-state index >= 15 is 0 Å². The Balaban J connectivity index is 1.87. The van der Waals surface area contributed by atoms with Gasteiger partial charge in [0.25, 0.3) is 0 Å². The Morgan fingerprint density at radius 1 is 1.25 bits per heavy atom. The fourth-order valence-electron chi connectivity index (χ4n) is 3.61. The van der Waals surface area contributed by atoms with Gasteiger partial charge in [-0.1, -0.05) is 51.1 Å². The summed E-state index contributed by atoms with van der Waals surface area (Å²) in [6.07, 6.45) is 3.36. The van der Waals surface area contributed by atoms with E-state index < -0.39 is 11.4 Å². The van der Waals surface area contributed by atoms with Crippen LogP contribution in [0, 0.1) is 17.3 Å². The van der Waals surface area contributed by atoms with Crippen molar-refractivity contribution in [1.29, 1.82) is 0 Å². The molecule has 1 aromatic rings. The summed E-state index contributed by atoms with van der Waals surface area (Å²) in [5, 5.41) is 9.21. The number of rotatable bonds is 6. The molecule has 24 heavy (non-hydrogen) atoms. The van der Waals surface area contributed by atoms with Crippen LogP contribution in [0.3, 0.4) is 0 Å². The Morgan fingerprint density at radius 3 is 2.50 bits per heavy atom. The van der Waals surface area contributed by atoms with E-state index in [0.29, 0.717) is 19.5 Å². The molecule has 1 aliphatic heterocycles. The van der Waals surface area contributed by atoms with Gasteiger partial charge in [-0.05, 0) is 37.2 Å². The quantitative estimate of drug-likeness (QED) is 0.866. The number of benzene rings is 1. The SMILES string of the molecule is CC1CN(C(=O)C(C)(C)CCCc2ccccc2)CCC1C(=O)O. The molecule has 0 aromatic heterocycles. The molecule has 1 aromatic carbocycles. The van der Waals surface area contributed by atoms with Gasteiger partial charge in [0, 0.05) is 18.5 Å². The summed E-state index contributed by atoms with van der Waals surface area (Å²) in [7, 11) is 0. The Morgan fingerprint density at radius 2 is 1.92 bits per heavy atom. The van der Waals surface area contributed by atoms with E-state index in [1.165, 1.54) is 5.56 Å². The highest BCUT2D eigenvalue weighted by Gasteiger charge is 2.37. The molecule has 2 rings (SSSR count). The third-order valence-electron chi connectivity index (χ3n) is 5.20. The highest BCUT2D eigenvalue weighted by atomic mass is 16.4. The van der Waals surface area contributed by atoms with Crippen LogP contribution in [0.25, 0.3) is 0 Å². The number of carbonyl (C=O) groups excluding carboxylic acids is 1. The molecule has 0 aliphatic carbocycles. The lowest BCUT2D eigenvalue weighted by molar-refractivity contribution is -0.151. The Hall–Kier alpha value is -1.84. The molecule has 0 radical (unpaired) electrons. The third kappa shape index (κ3) is 4.59. The smallest absolute Gasteiger partial charge is 0.306 e. The van der Waals surface area contributed by atoms with Gasteiger partial charge in [0.15, 0.2) is 0 Å². The topological polar surface area (TPSA) is 57.6 Å². The molecule has 0 saturated carbocycles. The van der Waals surface area contributed by atoms with Crippen molar-refractivity contribution in [3.63, 3.8) is 0 Å². The molecular weight excluding hydrogens is 302 g/mol. The molecule has 0 spiro atoms. The maximum Gasteiger partial charge on any atom is 0.306 e. The van der Waals surface area contributed by atoms with Crippen molar-refractivity contribution in [3.05, 3.63) is 35.9 Å². The van der Waals surface area contributed by atoms with E-state index in [0.717, 1.165) is 19.3 Å². The molecule has 2 atom stereocenters. The predicted octanol–water partition coefficient (Wildman–Crippen LogP) is 3.60. The molecule has 1 heterocycles. The average molecular weight is 331 g/mol. The summed E-state index contributed by atoms with van der Waals surface area (Å²) in [6.45, 7) is 7.06. The Bertz CT molecular complexity index is 568. The fraction of sp³-hybridized carbons (Fsp3) is 0.600. The van der Waals surface area contributed by atoms with Crippen molar-refractivity contribution in [2.45, 2.75) is 46.5 Å². The van der Waals surface area contributed by atoms with Crippen LogP contribution in [0.1, 0.15) is 45.6 Å². The third-order valence-corrected chi connectivity index (χ3v) is 5.20. The van der Waals surface area contributed by atoms with Crippen molar-refractivity contribution in [1.82, 2.24) is 4.90 Å². The zero-order chi connectivity index (χ0) is 17.7. The molecule has 1 fully saturated rings. The molecule has 0 bridgehead atoms. The maximum atomic E-state index is 12.9. The number of carbonyl (C=O) groups is 2. The predicted molar refractivity (Wildman–Crippen MR) is 94.6 cm³/mol. The van der Waals surface area contributed by atoms with Crippen LogP contribution in [0.5, 0.6) is 0 Å². The molecule has 4 nitrogen and oxygen atoms in total. The van der Waals surface area contributed by atoms with Crippen molar-refractivity contribution >= 4 is 11.9 Å². The minimum atomic E-state index is -0.739. The molecule has 1 amide bonds. The van der Waals surface area contributed by atoms with Crippen LogP contribution in [0.4, 0.5) is 0 Å². The normalized spacial score (nSPS) is 21.5. The summed E-state index contributed by atoms with van der Waals surface area (Å²) in [5.41, 5.74) is 0.904. The second-order valence-corrected chi connectivity index (χ2v) is 7.68. The van der Waals surface area contributed by atoms with E-state index in [4.69, 9.17) is 0 Å². The number of hydrogen-bond donors (Lipinski definition) is 1. The van der Waals surface area contributed by atoms with Gasteiger partial charge in [-0.3, -0.25) is 9.59 Å². The highest BCUT2D eigenvalue weighted by molar-refractivity contribution is 5.82. The Labute approximate surface area is 144 Å². The lowest BCUT2D eigenvalue weighted by atomic mass is 9.82. The first-order valence-corrected chi connectivity index (χ1v) is 8.87. The lowest BCUT2D eigenvalue weighted by Crippen LogP contribution is -2.49. The monoisotopic (exact) mass is 331 g/mol. The fourth-order valence-corrected chi connectivity index (χ4v) is 3.61. The average Bonchev–Trinajstić information content (AvgIpc) is 2.54. The summed E-state index contributed by atoms with van der Waals surface area (Å²) in [4.78, 5) is 25.9. The number of amides is 1. The van der Waals surface area contributed by atoms with Gasteiger partial charge in [-0.15, -0.1) is 0 Å². The van der Waals surface area contributed by atoms with Crippen LogP contribution in [0.2, 0.25) is 0 Å². The number of likely N-dealkylation sites (tertiary alicyclic amines) is 1. The molecule has 4 heteroatoms. The number of hydrogen-bond acceptors (Lipinski definition) is 2. The van der Waals surface area contributed by atoms with E-state index in [1.54, 1.807) is 0 Å². The minimum Gasteiger partial charge on any atom is -0.481 e. The van der Waals surface area contributed by atoms with Gasteiger partial charge < -0.3 is 10.0 Å². The zero-order valence-electron chi connectivity index (χ0n) is 15.0. The summed E-state index contributed by atoms with van der Waals surface area (Å²) in [6, 6.07) is 10.3. The number of carboxylic acid groups (broad SMARTS) is 1. The molecule has 2 unspecified atom stereocenters. The van der Waals surface area contributed by atoms with Crippen molar-refractivity contribution in [3.8, 4) is 0 Å². The van der Waals surface area contributed by atoms with Gasteiger partial charge in [0.05, 0.1) is 5.92 Å². The lowest BCUT2D eigenvalue weighted by Gasteiger charge is -2.39. The first-order valence-electron chi connectivity index (χ1n) is 8.87. The number of nitrogens with zero attached hydrogens (tertiary/aromatic N) is 1. The Kier molecular flexibility index (Phi) is 6.03. The number of piperidine rings is 1. The van der Waals surface area contributed by atoms with E-state index in [1.807, 2.05) is 43.9 Å². The van der Waals surface area contributed by atoms with Crippen LogP contribution >= 0.6 is 0 Å². The van der Waals surface area contributed by atoms with Gasteiger partial charge >= 0.3 is 5.97 Å². The summed E-state index contributed by atoms with van der Waals surface area (Å²) in [5.74, 6) is -0.890. The van der Waals surface area contributed by atoms with Gasteiger partial charge in [-0.25, -0.2) is 0 Å². The minimum absolute atomic E-state index is 0.0142.